The zero-order valence-electron chi connectivity index (χ0n) is 19.6. The van der Waals surface area contributed by atoms with Gasteiger partial charge in [-0.2, -0.15) is 4.98 Å². The second kappa shape index (κ2) is 11.9. The summed E-state index contributed by atoms with van der Waals surface area (Å²) in [5, 5.41) is 4.23. The van der Waals surface area contributed by atoms with Gasteiger partial charge in [0.05, 0.1) is 13.2 Å². The van der Waals surface area contributed by atoms with E-state index in [1.165, 1.54) is 0 Å². The summed E-state index contributed by atoms with van der Waals surface area (Å²) in [6.07, 6.45) is 8.18. The van der Waals surface area contributed by atoms with Crippen molar-refractivity contribution >= 4 is 5.71 Å². The van der Waals surface area contributed by atoms with Crippen LogP contribution in [0.3, 0.4) is 0 Å². The molecule has 34 heavy (non-hydrogen) atoms. The molecule has 8 heteroatoms. The lowest BCUT2D eigenvalue weighted by molar-refractivity contribution is 0.0538. The Morgan fingerprint density at radius 2 is 1.88 bits per heavy atom. The molecule has 0 spiro atoms. The van der Waals surface area contributed by atoms with Crippen LogP contribution in [0.1, 0.15) is 31.7 Å². The van der Waals surface area contributed by atoms with E-state index in [2.05, 4.69) is 26.9 Å². The monoisotopic (exact) mass is 459 g/mol. The summed E-state index contributed by atoms with van der Waals surface area (Å²) in [4.78, 5) is 15.8. The van der Waals surface area contributed by atoms with Crippen LogP contribution in [0.4, 0.5) is 0 Å². The number of ether oxygens (including phenoxy) is 2. The van der Waals surface area contributed by atoms with Crippen molar-refractivity contribution in [3.63, 3.8) is 0 Å². The Kier molecular flexibility index (Phi) is 8.18. The highest BCUT2D eigenvalue weighted by molar-refractivity contribution is 6.07. The van der Waals surface area contributed by atoms with E-state index in [0.29, 0.717) is 43.1 Å². The lowest BCUT2D eigenvalue weighted by Gasteiger charge is -2.29. The van der Waals surface area contributed by atoms with Crippen molar-refractivity contribution in [1.82, 2.24) is 20.0 Å². The number of aliphatic imine (C=N–C) groups is 1. The molecule has 176 valence electrons. The molecule has 4 rings (SSSR count). The van der Waals surface area contributed by atoms with Crippen LogP contribution in [-0.2, 0) is 16.1 Å². The summed E-state index contributed by atoms with van der Waals surface area (Å²) in [6.45, 7) is 7.54. The molecule has 1 saturated heterocycles. The molecular weight excluding hydrogens is 430 g/mol. The molecule has 1 fully saturated rings. The Morgan fingerprint density at radius 1 is 1.12 bits per heavy atom. The summed E-state index contributed by atoms with van der Waals surface area (Å²) in [5.41, 5.74) is 3.50. The molecule has 0 amide bonds. The quantitative estimate of drug-likeness (QED) is 0.341. The lowest BCUT2D eigenvalue weighted by atomic mass is 10.2. The molecule has 3 aromatic rings. The molecule has 0 bridgehead atoms. The number of allylic oxidation sites excluding steroid dienone is 3. The minimum Gasteiger partial charge on any atom is -0.473 e. The van der Waals surface area contributed by atoms with E-state index in [-0.39, 0.29) is 0 Å². The second-order valence-electron chi connectivity index (χ2n) is 7.77. The van der Waals surface area contributed by atoms with Crippen molar-refractivity contribution in [2.45, 2.75) is 26.9 Å². The topological polar surface area (TPSA) is 85.9 Å². The number of hydrogen-bond donors (Lipinski definition) is 0. The van der Waals surface area contributed by atoms with E-state index in [0.717, 1.165) is 36.3 Å². The zero-order valence-corrected chi connectivity index (χ0v) is 19.6. The Hall–Kier alpha value is -3.78. The highest BCUT2D eigenvalue weighted by atomic mass is 16.5. The average molecular weight is 460 g/mol. The van der Waals surface area contributed by atoms with Crippen LogP contribution in [0.15, 0.2) is 88.1 Å². The lowest BCUT2D eigenvalue weighted by Crippen LogP contribution is -2.35. The molecule has 0 radical (unpaired) electrons. The summed E-state index contributed by atoms with van der Waals surface area (Å²) >= 11 is 0. The molecule has 1 aliphatic rings. The van der Waals surface area contributed by atoms with Gasteiger partial charge < -0.3 is 18.9 Å². The van der Waals surface area contributed by atoms with Crippen LogP contribution in [0, 0.1) is 0 Å². The van der Waals surface area contributed by atoms with Gasteiger partial charge in [-0.1, -0.05) is 30.3 Å². The van der Waals surface area contributed by atoms with Crippen LogP contribution in [0.2, 0.25) is 0 Å². The maximum absolute atomic E-state index is 6.04. The highest BCUT2D eigenvalue weighted by Gasteiger charge is 2.17. The summed E-state index contributed by atoms with van der Waals surface area (Å²) in [6, 6.07) is 13.5. The molecule has 2 aromatic heterocycles. The van der Waals surface area contributed by atoms with Crippen LogP contribution < -0.4 is 0 Å². The van der Waals surface area contributed by atoms with Crippen molar-refractivity contribution in [2.24, 2.45) is 4.99 Å². The summed E-state index contributed by atoms with van der Waals surface area (Å²) < 4.78 is 17.1. The first kappa shape index (κ1) is 23.4. The molecule has 8 nitrogen and oxygen atoms in total. The Labute approximate surface area is 199 Å². The molecule has 0 aliphatic carbocycles. The third kappa shape index (κ3) is 6.39. The standard InChI is InChI=1S/C26H29N5O3/c1-3-7-24(33-19-21-10-12-27-13-11-21)28-23(18-20(2)31-14-16-32-17-15-31)25-29-26(34-30-25)22-8-5-4-6-9-22/h4-13,18H,3,14-17,19H2,1-2H3/b20-18+,24-7-,28-23+. The fraction of sp³-hybridized carbons (Fsp3) is 0.308. The number of rotatable bonds is 9. The van der Waals surface area contributed by atoms with Crippen molar-refractivity contribution in [1.29, 1.82) is 0 Å². The third-order valence-electron chi connectivity index (χ3n) is 5.28. The number of nitrogens with zero attached hydrogens (tertiary/aromatic N) is 5. The average Bonchev–Trinajstić information content (AvgIpc) is 3.39. The SMILES string of the molecule is CC/C=C(/N=C(\C=C(/C)N1CCOCC1)c1noc(-c2ccccc2)n1)OCc1ccncc1. The van der Waals surface area contributed by atoms with Gasteiger partial charge in [-0.05, 0) is 55.3 Å². The van der Waals surface area contributed by atoms with Crippen molar-refractivity contribution < 1.29 is 14.0 Å². The minimum atomic E-state index is 0.388. The van der Waals surface area contributed by atoms with Crippen molar-refractivity contribution in [2.75, 3.05) is 26.3 Å². The smallest absolute Gasteiger partial charge is 0.258 e. The third-order valence-corrected chi connectivity index (χ3v) is 5.28. The van der Waals surface area contributed by atoms with Gasteiger partial charge in [0.15, 0.2) is 0 Å². The van der Waals surface area contributed by atoms with Crippen molar-refractivity contribution in [3.05, 3.63) is 90.0 Å². The van der Waals surface area contributed by atoms with Crippen molar-refractivity contribution in [3.8, 4) is 11.5 Å². The van der Waals surface area contributed by atoms with Crippen LogP contribution >= 0.6 is 0 Å². The van der Waals surface area contributed by atoms with Gasteiger partial charge in [0.1, 0.15) is 12.3 Å². The summed E-state index contributed by atoms with van der Waals surface area (Å²) in [7, 11) is 0. The molecule has 1 aromatic carbocycles. The van der Waals surface area contributed by atoms with E-state index in [9.17, 15) is 0 Å². The Bertz CT molecular complexity index is 1130. The zero-order chi connectivity index (χ0) is 23.6. The fourth-order valence-electron chi connectivity index (χ4n) is 3.44. The van der Waals surface area contributed by atoms with E-state index in [1.54, 1.807) is 12.4 Å². The first-order valence-electron chi connectivity index (χ1n) is 11.4. The number of benzene rings is 1. The van der Waals surface area contributed by atoms with Gasteiger partial charge in [0.2, 0.25) is 11.7 Å². The molecule has 3 heterocycles. The van der Waals surface area contributed by atoms with Gasteiger partial charge in [0.25, 0.3) is 5.89 Å². The molecule has 0 unspecified atom stereocenters. The number of morpholine rings is 1. The van der Waals surface area contributed by atoms with Gasteiger partial charge >= 0.3 is 0 Å². The number of hydrogen-bond acceptors (Lipinski definition) is 8. The molecule has 0 atom stereocenters. The first-order valence-corrected chi connectivity index (χ1v) is 11.4. The molecule has 0 N–H and O–H groups in total. The van der Waals surface area contributed by atoms with Crippen LogP contribution in [0.25, 0.3) is 11.5 Å². The second-order valence-corrected chi connectivity index (χ2v) is 7.77. The number of pyridine rings is 1. The maximum atomic E-state index is 6.04. The fourth-order valence-corrected chi connectivity index (χ4v) is 3.44. The molecular formula is C26H29N5O3. The van der Waals surface area contributed by atoms with E-state index in [4.69, 9.17) is 19.0 Å². The van der Waals surface area contributed by atoms with E-state index in [1.807, 2.05) is 61.5 Å². The first-order chi connectivity index (χ1) is 16.7. The predicted octanol–water partition coefficient (Wildman–Crippen LogP) is 4.62. The van der Waals surface area contributed by atoms with Gasteiger partial charge in [-0.25, -0.2) is 4.99 Å². The van der Waals surface area contributed by atoms with Crippen LogP contribution in [-0.4, -0.2) is 52.0 Å². The van der Waals surface area contributed by atoms with Gasteiger partial charge in [-0.15, -0.1) is 0 Å². The number of aromatic nitrogens is 3. The van der Waals surface area contributed by atoms with E-state index < -0.39 is 0 Å². The Morgan fingerprint density at radius 3 is 2.62 bits per heavy atom. The summed E-state index contributed by atoms with van der Waals surface area (Å²) in [5.74, 6) is 1.35. The predicted molar refractivity (Wildman–Crippen MR) is 130 cm³/mol. The largest absolute Gasteiger partial charge is 0.473 e. The van der Waals surface area contributed by atoms with Gasteiger partial charge in [0, 0.05) is 36.7 Å². The Balaban J connectivity index is 1.65. The molecule has 0 saturated carbocycles. The van der Waals surface area contributed by atoms with Crippen LogP contribution in [0.5, 0.6) is 0 Å². The normalized spacial score (nSPS) is 15.5. The van der Waals surface area contributed by atoms with Gasteiger partial charge in [-0.3, -0.25) is 4.98 Å². The minimum absolute atomic E-state index is 0.388. The maximum Gasteiger partial charge on any atom is 0.258 e. The van der Waals surface area contributed by atoms with E-state index >= 15 is 0 Å². The molecule has 1 aliphatic heterocycles. The highest BCUT2D eigenvalue weighted by Crippen LogP contribution is 2.19.